The number of nitrogens with two attached hydrogens (primary N) is 1. The van der Waals surface area contributed by atoms with E-state index in [0.29, 0.717) is 0 Å². The molecule has 3 aliphatic rings. The van der Waals surface area contributed by atoms with E-state index in [1.807, 2.05) is 19.2 Å². The summed E-state index contributed by atoms with van der Waals surface area (Å²) in [5.41, 5.74) is 7.46. The highest BCUT2D eigenvalue weighted by Crippen LogP contribution is 2.65. The van der Waals surface area contributed by atoms with Crippen molar-refractivity contribution in [2.75, 3.05) is 0 Å². The second kappa shape index (κ2) is 2.67. The van der Waals surface area contributed by atoms with Crippen LogP contribution in [0.15, 0.2) is 12.3 Å². The lowest BCUT2D eigenvalue weighted by atomic mass is 9.39. The summed E-state index contributed by atoms with van der Waals surface area (Å²) in [5, 5.41) is 0. The smallest absolute Gasteiger partial charge is 0.134 e. The van der Waals surface area contributed by atoms with E-state index in [4.69, 9.17) is 5.73 Å². The third kappa shape index (κ3) is 1.09. The molecule has 0 saturated heterocycles. The van der Waals surface area contributed by atoms with Crippen molar-refractivity contribution in [3.8, 4) is 0 Å². The number of aryl methyl sites for hydroxylation is 1. The van der Waals surface area contributed by atoms with Gasteiger partial charge in [0.25, 0.3) is 0 Å². The molecular formula is C10H14ClN3. The molecule has 2 N–H and O–H groups in total. The van der Waals surface area contributed by atoms with E-state index in [-0.39, 0.29) is 23.4 Å². The van der Waals surface area contributed by atoms with Crippen LogP contribution in [-0.4, -0.2) is 15.5 Å². The zero-order valence-corrected chi connectivity index (χ0v) is 8.97. The Morgan fingerprint density at radius 1 is 1.36 bits per heavy atom. The van der Waals surface area contributed by atoms with Crippen molar-refractivity contribution in [2.24, 2.45) is 5.73 Å². The minimum atomic E-state index is 0. The lowest BCUT2D eigenvalue weighted by molar-refractivity contribution is -0.0653. The van der Waals surface area contributed by atoms with E-state index < -0.39 is 0 Å². The molecule has 0 spiro atoms. The Kier molecular flexibility index (Phi) is 1.88. The van der Waals surface area contributed by atoms with Crippen LogP contribution in [0, 0.1) is 6.92 Å². The van der Waals surface area contributed by atoms with Gasteiger partial charge in [-0.25, -0.2) is 9.97 Å². The van der Waals surface area contributed by atoms with Gasteiger partial charge in [-0.15, -0.1) is 12.4 Å². The van der Waals surface area contributed by atoms with Gasteiger partial charge in [0.2, 0.25) is 0 Å². The highest BCUT2D eigenvalue weighted by molar-refractivity contribution is 5.85. The van der Waals surface area contributed by atoms with Gasteiger partial charge in [-0.1, -0.05) is 0 Å². The lowest BCUT2D eigenvalue weighted by Crippen LogP contribution is -2.74. The summed E-state index contributed by atoms with van der Waals surface area (Å²) in [6.45, 7) is 2.01. The van der Waals surface area contributed by atoms with Crippen LogP contribution < -0.4 is 5.73 Å². The summed E-state index contributed by atoms with van der Waals surface area (Å²) in [6, 6.07) is 1.94. The number of hydrogen-bond donors (Lipinski definition) is 1. The lowest BCUT2D eigenvalue weighted by Gasteiger charge is -2.67. The third-order valence-corrected chi connectivity index (χ3v) is 3.34. The molecule has 1 aromatic heterocycles. The van der Waals surface area contributed by atoms with Gasteiger partial charge in [-0.3, -0.25) is 0 Å². The van der Waals surface area contributed by atoms with E-state index in [2.05, 4.69) is 9.97 Å². The number of nitrogens with zero attached hydrogens (tertiary/aromatic N) is 2. The second-order valence-electron chi connectivity index (χ2n) is 4.69. The summed E-state index contributed by atoms with van der Waals surface area (Å²) in [6.07, 6.45) is 5.11. The topological polar surface area (TPSA) is 51.8 Å². The van der Waals surface area contributed by atoms with Gasteiger partial charge in [0.05, 0.1) is 0 Å². The number of halogens is 1. The van der Waals surface area contributed by atoms with Gasteiger partial charge in [0.15, 0.2) is 0 Å². The van der Waals surface area contributed by atoms with Crippen molar-refractivity contribution in [1.82, 2.24) is 9.97 Å². The first-order valence-corrected chi connectivity index (χ1v) is 4.71. The van der Waals surface area contributed by atoms with Crippen molar-refractivity contribution >= 4 is 12.4 Å². The van der Waals surface area contributed by atoms with Gasteiger partial charge in [-0.2, -0.15) is 0 Å². The molecule has 2 bridgehead atoms. The summed E-state index contributed by atoms with van der Waals surface area (Å²) in [7, 11) is 0. The van der Waals surface area contributed by atoms with Crippen LogP contribution >= 0.6 is 12.4 Å². The molecule has 1 heterocycles. The first-order chi connectivity index (χ1) is 6.12. The van der Waals surface area contributed by atoms with E-state index in [0.717, 1.165) is 30.8 Å². The van der Waals surface area contributed by atoms with Crippen molar-refractivity contribution < 1.29 is 0 Å². The predicted molar refractivity (Wildman–Crippen MR) is 56.5 cm³/mol. The molecule has 0 amide bonds. The highest BCUT2D eigenvalue weighted by atomic mass is 35.5. The molecule has 14 heavy (non-hydrogen) atoms. The van der Waals surface area contributed by atoms with Crippen LogP contribution in [0.2, 0.25) is 0 Å². The summed E-state index contributed by atoms with van der Waals surface area (Å²) < 4.78 is 0. The quantitative estimate of drug-likeness (QED) is 0.763. The molecule has 4 rings (SSSR count). The normalized spacial score (nSPS) is 37.9. The zero-order valence-electron chi connectivity index (χ0n) is 8.16. The zero-order chi connectivity index (χ0) is 9.10. The molecule has 3 saturated carbocycles. The second-order valence-corrected chi connectivity index (χ2v) is 4.69. The van der Waals surface area contributed by atoms with Gasteiger partial charge in [0, 0.05) is 22.8 Å². The Morgan fingerprint density at radius 3 is 2.50 bits per heavy atom. The molecule has 3 fully saturated rings. The van der Waals surface area contributed by atoms with Crippen LogP contribution in [0.5, 0.6) is 0 Å². The van der Waals surface area contributed by atoms with Gasteiger partial charge in [-0.05, 0) is 32.3 Å². The average molecular weight is 212 g/mol. The largest absolute Gasteiger partial charge is 0.325 e. The Balaban J connectivity index is 0.000000750. The molecule has 0 aromatic carbocycles. The van der Waals surface area contributed by atoms with Gasteiger partial charge >= 0.3 is 0 Å². The van der Waals surface area contributed by atoms with Crippen LogP contribution in [0.25, 0.3) is 0 Å². The number of aromatic nitrogens is 2. The Hall–Kier alpha value is -0.670. The maximum Gasteiger partial charge on any atom is 0.134 e. The molecule has 4 heteroatoms. The number of hydrogen-bond acceptors (Lipinski definition) is 3. The molecule has 0 aliphatic heterocycles. The van der Waals surface area contributed by atoms with E-state index in [1.54, 1.807) is 0 Å². The molecule has 3 aliphatic carbocycles. The van der Waals surface area contributed by atoms with Crippen LogP contribution in [0.3, 0.4) is 0 Å². The first kappa shape index (κ1) is 9.87. The highest BCUT2D eigenvalue weighted by Gasteiger charge is 2.68. The monoisotopic (exact) mass is 211 g/mol. The standard InChI is InChI=1S/C10H13N3.ClH/c1-7-2-3-12-8(13-7)9-4-10(11,5-9)6-9;/h2-3H,4-6,11H2,1H3;1H. The van der Waals surface area contributed by atoms with E-state index in [1.165, 1.54) is 0 Å². The Bertz CT molecular complexity index is 358. The minimum absolute atomic E-state index is 0. The predicted octanol–water partition coefficient (Wildman–Crippen LogP) is 1.34. The van der Waals surface area contributed by atoms with Crippen LogP contribution in [0.1, 0.15) is 30.8 Å². The summed E-state index contributed by atoms with van der Waals surface area (Å²) >= 11 is 0. The molecule has 3 nitrogen and oxygen atoms in total. The van der Waals surface area contributed by atoms with Crippen molar-refractivity contribution in [3.63, 3.8) is 0 Å². The average Bonchev–Trinajstić information content (AvgIpc) is 1.97. The van der Waals surface area contributed by atoms with Crippen LogP contribution in [0.4, 0.5) is 0 Å². The maximum atomic E-state index is 5.99. The van der Waals surface area contributed by atoms with Gasteiger partial charge < -0.3 is 5.73 Å². The fourth-order valence-corrected chi connectivity index (χ4v) is 2.81. The maximum absolute atomic E-state index is 5.99. The summed E-state index contributed by atoms with van der Waals surface area (Å²) in [4.78, 5) is 8.80. The van der Waals surface area contributed by atoms with Crippen molar-refractivity contribution in [1.29, 1.82) is 0 Å². The minimum Gasteiger partial charge on any atom is -0.325 e. The molecule has 1 aromatic rings. The first-order valence-electron chi connectivity index (χ1n) is 4.71. The molecule has 76 valence electrons. The third-order valence-electron chi connectivity index (χ3n) is 3.34. The van der Waals surface area contributed by atoms with Gasteiger partial charge in [0.1, 0.15) is 5.82 Å². The summed E-state index contributed by atoms with van der Waals surface area (Å²) in [5.74, 6) is 1.01. The molecule has 0 unspecified atom stereocenters. The molecule has 0 atom stereocenters. The van der Waals surface area contributed by atoms with E-state index in [9.17, 15) is 0 Å². The van der Waals surface area contributed by atoms with Crippen molar-refractivity contribution in [2.45, 2.75) is 37.1 Å². The fraction of sp³-hybridized carbons (Fsp3) is 0.600. The van der Waals surface area contributed by atoms with Crippen LogP contribution in [-0.2, 0) is 5.41 Å². The van der Waals surface area contributed by atoms with Crippen molar-refractivity contribution in [3.05, 3.63) is 23.8 Å². The van der Waals surface area contributed by atoms with E-state index >= 15 is 0 Å². The number of rotatable bonds is 1. The fourth-order valence-electron chi connectivity index (χ4n) is 2.81. The molecular weight excluding hydrogens is 198 g/mol. The Morgan fingerprint density at radius 2 is 2.00 bits per heavy atom. The molecule has 0 radical (unpaired) electrons. The SMILES string of the molecule is Cc1ccnc(C23CC(N)(C2)C3)n1.Cl. The Labute approximate surface area is 89.5 Å².